The van der Waals surface area contributed by atoms with E-state index in [0.717, 1.165) is 11.4 Å². The third kappa shape index (κ3) is 4.94. The number of fused-ring (bicyclic) bond motifs is 1. The molecule has 1 aromatic rings. The van der Waals surface area contributed by atoms with Crippen LogP contribution in [0.1, 0.15) is 33.4 Å². The van der Waals surface area contributed by atoms with E-state index in [2.05, 4.69) is 15.3 Å². The summed E-state index contributed by atoms with van der Waals surface area (Å²) in [6.07, 6.45) is 3.79. The number of thioether (sulfide) groups is 2. The fourth-order valence-corrected chi connectivity index (χ4v) is 4.87. The van der Waals surface area contributed by atoms with Crippen molar-refractivity contribution < 1.29 is 23.9 Å². The highest BCUT2D eigenvalue weighted by Crippen LogP contribution is 2.42. The van der Waals surface area contributed by atoms with Gasteiger partial charge in [-0.05, 0) is 27.0 Å². The van der Waals surface area contributed by atoms with Crippen LogP contribution < -0.4 is 5.32 Å². The van der Waals surface area contributed by atoms with Crippen molar-refractivity contribution in [2.75, 3.05) is 23.9 Å². The van der Waals surface area contributed by atoms with E-state index in [1.807, 2.05) is 6.26 Å². The molecular weight excluding hydrogens is 428 g/mol. The Kier molecular flexibility index (Phi) is 6.71. The van der Waals surface area contributed by atoms with Crippen molar-refractivity contribution in [1.29, 1.82) is 0 Å². The molecule has 11 heteroatoms. The van der Waals surface area contributed by atoms with Crippen LogP contribution in [0.15, 0.2) is 17.5 Å². The number of carbonyl (C=O) groups is 3. The smallest absolute Gasteiger partial charge is 0.355 e. The highest BCUT2D eigenvalue weighted by atomic mass is 32.2. The first-order valence-electron chi connectivity index (χ1n) is 9.44. The molecule has 0 bridgehead atoms. The molecule has 0 spiro atoms. The lowest BCUT2D eigenvalue weighted by Crippen LogP contribution is -2.68. The summed E-state index contributed by atoms with van der Waals surface area (Å²) < 4.78 is 10.6. The van der Waals surface area contributed by atoms with E-state index in [9.17, 15) is 14.4 Å². The van der Waals surface area contributed by atoms with Gasteiger partial charge in [-0.2, -0.15) is 11.8 Å². The van der Waals surface area contributed by atoms with Gasteiger partial charge in [-0.15, -0.1) is 11.8 Å². The Bertz CT molecular complexity index is 877. The fourth-order valence-electron chi connectivity index (χ4n) is 3.10. The monoisotopic (exact) mass is 454 g/mol. The van der Waals surface area contributed by atoms with Crippen LogP contribution in [0.2, 0.25) is 0 Å². The molecule has 1 unspecified atom stereocenters. The molecule has 30 heavy (non-hydrogen) atoms. The number of β-lactam (4-membered cyclic amide) rings is 1. The Morgan fingerprint density at radius 1 is 1.43 bits per heavy atom. The van der Waals surface area contributed by atoms with Crippen LogP contribution >= 0.6 is 23.5 Å². The summed E-state index contributed by atoms with van der Waals surface area (Å²) in [6.45, 7) is 6.53. The number of amides is 1. The standard InChI is InChI=1S/C19H26N4O5S2/c1-10(24)27-7-11-8-30-16-13(22-18-20-6-12(21-18)9-29-5)15(25)23(16)14(11)17(26)28-19(2,3)4/h6,13,16H,7-9H2,1-5H3,(H2,20,21,22)/t13?,16-/m0/s1. The van der Waals surface area contributed by atoms with E-state index in [-0.39, 0.29) is 23.6 Å². The summed E-state index contributed by atoms with van der Waals surface area (Å²) in [5.74, 6) is 0.437. The first-order valence-corrected chi connectivity index (χ1v) is 11.9. The molecule has 0 aliphatic carbocycles. The topological polar surface area (TPSA) is 114 Å². The number of hydrogen-bond donors (Lipinski definition) is 2. The summed E-state index contributed by atoms with van der Waals surface area (Å²) in [5, 5.41) is 2.85. The SMILES string of the molecule is CSCc1c[nH]c(NC2C(=O)N3C(C(=O)OC(C)(C)C)=C(COC(C)=O)CS[C@@H]23)n1. The number of aromatic nitrogens is 2. The van der Waals surface area contributed by atoms with Gasteiger partial charge in [-0.25, -0.2) is 9.78 Å². The molecule has 0 aromatic carbocycles. The second-order valence-electron chi connectivity index (χ2n) is 7.94. The Balaban J connectivity index is 1.80. The zero-order chi connectivity index (χ0) is 22.1. The van der Waals surface area contributed by atoms with Crippen LogP contribution in [-0.4, -0.2) is 68.3 Å². The molecule has 3 heterocycles. The first kappa shape index (κ1) is 22.5. The van der Waals surface area contributed by atoms with Crippen molar-refractivity contribution >= 4 is 47.3 Å². The number of imidazole rings is 1. The van der Waals surface area contributed by atoms with Gasteiger partial charge in [0.15, 0.2) is 0 Å². The number of anilines is 1. The van der Waals surface area contributed by atoms with Gasteiger partial charge in [0.2, 0.25) is 5.95 Å². The molecule has 0 saturated carbocycles. The summed E-state index contributed by atoms with van der Waals surface area (Å²) in [5.41, 5.74) is 0.903. The van der Waals surface area contributed by atoms with Crippen molar-refractivity contribution in [3.63, 3.8) is 0 Å². The zero-order valence-corrected chi connectivity index (χ0v) is 19.2. The number of carbonyl (C=O) groups excluding carboxylic acids is 3. The van der Waals surface area contributed by atoms with Crippen LogP contribution in [0.25, 0.3) is 0 Å². The predicted molar refractivity (Wildman–Crippen MR) is 116 cm³/mol. The van der Waals surface area contributed by atoms with Crippen LogP contribution in [0, 0.1) is 0 Å². The number of esters is 2. The average Bonchev–Trinajstić information content (AvgIpc) is 3.09. The summed E-state index contributed by atoms with van der Waals surface area (Å²) in [4.78, 5) is 46.0. The Morgan fingerprint density at radius 3 is 2.80 bits per heavy atom. The molecule has 2 N–H and O–H groups in total. The Hall–Kier alpha value is -2.14. The average molecular weight is 455 g/mol. The van der Waals surface area contributed by atoms with Crippen LogP contribution in [-0.2, 0) is 29.6 Å². The fraction of sp³-hybridized carbons (Fsp3) is 0.579. The second kappa shape index (κ2) is 8.93. The van der Waals surface area contributed by atoms with Gasteiger partial charge in [0.1, 0.15) is 29.3 Å². The van der Waals surface area contributed by atoms with Gasteiger partial charge >= 0.3 is 11.9 Å². The lowest BCUT2D eigenvalue weighted by molar-refractivity contribution is -0.157. The van der Waals surface area contributed by atoms with Gasteiger partial charge in [-0.3, -0.25) is 14.5 Å². The van der Waals surface area contributed by atoms with E-state index < -0.39 is 23.6 Å². The van der Waals surface area contributed by atoms with E-state index in [0.29, 0.717) is 17.3 Å². The highest BCUT2D eigenvalue weighted by Gasteiger charge is 2.54. The molecule has 2 aliphatic rings. The van der Waals surface area contributed by atoms with Gasteiger partial charge in [-0.1, -0.05) is 0 Å². The number of nitrogens with zero attached hydrogens (tertiary/aromatic N) is 2. The minimum Gasteiger partial charge on any atom is -0.461 e. The van der Waals surface area contributed by atoms with E-state index >= 15 is 0 Å². The molecule has 3 rings (SSSR count). The maximum Gasteiger partial charge on any atom is 0.355 e. The number of rotatable bonds is 7. The highest BCUT2D eigenvalue weighted by molar-refractivity contribution is 8.00. The third-order valence-electron chi connectivity index (χ3n) is 4.30. The zero-order valence-electron chi connectivity index (χ0n) is 17.6. The summed E-state index contributed by atoms with van der Waals surface area (Å²) in [7, 11) is 0. The van der Waals surface area contributed by atoms with Crippen molar-refractivity contribution in [3.05, 3.63) is 23.2 Å². The molecule has 1 fully saturated rings. The number of hydrogen-bond acceptors (Lipinski definition) is 9. The lowest BCUT2D eigenvalue weighted by atomic mass is 10.0. The largest absolute Gasteiger partial charge is 0.461 e. The molecule has 0 radical (unpaired) electrons. The van der Waals surface area contributed by atoms with Crippen molar-refractivity contribution in [2.45, 2.75) is 50.5 Å². The molecule has 1 aromatic heterocycles. The summed E-state index contributed by atoms with van der Waals surface area (Å²) in [6, 6.07) is -0.518. The van der Waals surface area contributed by atoms with Crippen LogP contribution in [0.3, 0.4) is 0 Å². The minimum absolute atomic E-state index is 0.0538. The normalized spacial score (nSPS) is 21.1. The quantitative estimate of drug-likeness (QED) is 0.472. The second-order valence-corrected chi connectivity index (χ2v) is 9.91. The molecular formula is C19H26N4O5S2. The van der Waals surface area contributed by atoms with Gasteiger partial charge < -0.3 is 19.8 Å². The molecule has 2 atom stereocenters. The van der Waals surface area contributed by atoms with Crippen molar-refractivity contribution in [1.82, 2.24) is 14.9 Å². The molecule has 1 amide bonds. The summed E-state index contributed by atoms with van der Waals surface area (Å²) >= 11 is 3.16. The van der Waals surface area contributed by atoms with E-state index in [1.165, 1.54) is 23.6 Å². The molecule has 164 valence electrons. The number of aromatic amines is 1. The maximum absolute atomic E-state index is 13.0. The first-order chi connectivity index (χ1) is 14.1. The van der Waals surface area contributed by atoms with Crippen molar-refractivity contribution in [2.24, 2.45) is 0 Å². The van der Waals surface area contributed by atoms with Crippen LogP contribution in [0.4, 0.5) is 5.95 Å². The van der Waals surface area contributed by atoms with E-state index in [4.69, 9.17) is 9.47 Å². The molecule has 1 saturated heterocycles. The van der Waals surface area contributed by atoms with Gasteiger partial charge in [0.05, 0.1) is 5.69 Å². The Morgan fingerprint density at radius 2 is 2.17 bits per heavy atom. The number of H-pyrrole nitrogens is 1. The Labute approximate surface area is 183 Å². The minimum atomic E-state index is -0.718. The number of nitrogens with one attached hydrogen (secondary N) is 2. The van der Waals surface area contributed by atoms with Gasteiger partial charge in [0, 0.05) is 30.2 Å². The maximum atomic E-state index is 13.0. The number of ether oxygens (including phenoxy) is 2. The third-order valence-corrected chi connectivity index (χ3v) is 6.23. The molecule has 2 aliphatic heterocycles. The van der Waals surface area contributed by atoms with E-state index in [1.54, 1.807) is 38.7 Å². The van der Waals surface area contributed by atoms with Crippen LogP contribution in [0.5, 0.6) is 0 Å². The predicted octanol–water partition coefficient (Wildman–Crippen LogP) is 2.13. The van der Waals surface area contributed by atoms with Crippen molar-refractivity contribution in [3.8, 4) is 0 Å². The van der Waals surface area contributed by atoms with Gasteiger partial charge in [0.25, 0.3) is 5.91 Å². The lowest BCUT2D eigenvalue weighted by Gasteiger charge is -2.49. The molecule has 9 nitrogen and oxygen atoms in total.